The second-order valence-corrected chi connectivity index (χ2v) is 9.04. The molecule has 3 aromatic rings. The molecule has 0 saturated heterocycles. The van der Waals surface area contributed by atoms with Crippen LogP contribution in [0, 0.1) is 0 Å². The fraction of sp³-hybridized carbons (Fsp3) is 0.364. The highest BCUT2D eigenvalue weighted by atomic mass is 32.2. The number of amides is 1. The zero-order chi connectivity index (χ0) is 19.8. The fourth-order valence-corrected chi connectivity index (χ4v) is 4.74. The van der Waals surface area contributed by atoms with Crippen LogP contribution in [0.4, 0.5) is 5.69 Å². The lowest BCUT2D eigenvalue weighted by molar-refractivity contribution is -0.115. The van der Waals surface area contributed by atoms with Crippen molar-refractivity contribution < 1.29 is 4.79 Å². The zero-order valence-corrected chi connectivity index (χ0v) is 17.2. The number of nitrogens with zero attached hydrogens (tertiary/aromatic N) is 4. The molecule has 1 saturated carbocycles. The standard InChI is InChI=1S/C22H23N5OS/c1-14(21(28)24-18-8-7-15-4-2-5-16(15)12-18)29-22-26-25-20(27(22)19-9-10-19)17-6-3-11-23-13-17/h3,6-8,11-14,19H,2,4-5,9-10H2,1H3,(H,24,28). The Hall–Kier alpha value is -2.67. The number of aromatic nitrogens is 4. The average molecular weight is 406 g/mol. The molecule has 29 heavy (non-hydrogen) atoms. The number of carbonyl (C=O) groups is 1. The SMILES string of the molecule is CC(Sc1nnc(-c2cccnc2)n1C1CC1)C(=O)Nc1ccc2c(c1)CCC2. The first-order valence-electron chi connectivity index (χ1n) is 10.1. The molecule has 0 radical (unpaired) electrons. The highest BCUT2D eigenvalue weighted by Crippen LogP contribution is 2.41. The van der Waals surface area contributed by atoms with Gasteiger partial charge in [-0.25, -0.2) is 0 Å². The third-order valence-electron chi connectivity index (χ3n) is 5.51. The van der Waals surface area contributed by atoms with Crippen molar-refractivity contribution in [2.24, 2.45) is 0 Å². The number of thioether (sulfide) groups is 1. The van der Waals surface area contributed by atoms with Gasteiger partial charge in [0.2, 0.25) is 5.91 Å². The first-order chi connectivity index (χ1) is 14.2. The van der Waals surface area contributed by atoms with Crippen LogP contribution in [0.1, 0.15) is 43.4 Å². The van der Waals surface area contributed by atoms with E-state index in [4.69, 9.17) is 0 Å². The molecule has 2 aromatic heterocycles. The monoisotopic (exact) mass is 405 g/mol. The van der Waals surface area contributed by atoms with Crippen LogP contribution in [-0.4, -0.2) is 30.9 Å². The van der Waals surface area contributed by atoms with Gasteiger partial charge in [-0.15, -0.1) is 10.2 Å². The van der Waals surface area contributed by atoms with Crippen molar-refractivity contribution in [1.29, 1.82) is 0 Å². The predicted octanol–water partition coefficient (Wildman–Crippen LogP) is 4.28. The van der Waals surface area contributed by atoms with Crippen LogP contribution in [-0.2, 0) is 17.6 Å². The van der Waals surface area contributed by atoms with Crippen LogP contribution in [0.15, 0.2) is 47.9 Å². The van der Waals surface area contributed by atoms with E-state index in [1.165, 1.54) is 29.3 Å². The first kappa shape index (κ1) is 18.4. The van der Waals surface area contributed by atoms with Crippen molar-refractivity contribution in [1.82, 2.24) is 19.7 Å². The van der Waals surface area contributed by atoms with Gasteiger partial charge in [-0.05, 0) is 74.4 Å². The number of rotatable bonds is 6. The van der Waals surface area contributed by atoms with Crippen molar-refractivity contribution in [2.75, 3.05) is 5.32 Å². The molecule has 1 N–H and O–H groups in total. The molecule has 0 bridgehead atoms. The molecule has 2 aliphatic carbocycles. The van der Waals surface area contributed by atoms with Crippen molar-refractivity contribution >= 4 is 23.4 Å². The molecule has 0 spiro atoms. The minimum absolute atomic E-state index is 0.0128. The summed E-state index contributed by atoms with van der Waals surface area (Å²) < 4.78 is 2.17. The number of fused-ring (bicyclic) bond motifs is 1. The Bertz CT molecular complexity index is 1040. The van der Waals surface area contributed by atoms with Crippen LogP contribution in [0.2, 0.25) is 0 Å². The summed E-state index contributed by atoms with van der Waals surface area (Å²) in [5.41, 5.74) is 4.60. The molecule has 2 heterocycles. The van der Waals surface area contributed by atoms with Crippen LogP contribution in [0.5, 0.6) is 0 Å². The van der Waals surface area contributed by atoms with Gasteiger partial charge in [0.05, 0.1) is 5.25 Å². The molecule has 1 unspecified atom stereocenters. The third-order valence-corrected chi connectivity index (χ3v) is 6.57. The predicted molar refractivity (Wildman–Crippen MR) is 114 cm³/mol. The topological polar surface area (TPSA) is 72.7 Å². The van der Waals surface area contributed by atoms with E-state index in [0.717, 1.165) is 47.9 Å². The number of anilines is 1. The number of benzene rings is 1. The number of hydrogen-bond donors (Lipinski definition) is 1. The second kappa shape index (κ2) is 7.63. The van der Waals surface area contributed by atoms with E-state index >= 15 is 0 Å². The molecule has 1 amide bonds. The molecule has 1 fully saturated rings. The molecule has 7 heteroatoms. The van der Waals surface area contributed by atoms with Crippen molar-refractivity contribution in [3.05, 3.63) is 53.9 Å². The number of aryl methyl sites for hydroxylation is 2. The maximum Gasteiger partial charge on any atom is 0.237 e. The number of pyridine rings is 1. The molecule has 0 aliphatic heterocycles. The van der Waals surface area contributed by atoms with E-state index in [2.05, 4.69) is 37.2 Å². The molecular formula is C22H23N5OS. The zero-order valence-electron chi connectivity index (χ0n) is 16.3. The quantitative estimate of drug-likeness (QED) is 0.620. The van der Waals surface area contributed by atoms with E-state index in [9.17, 15) is 4.79 Å². The van der Waals surface area contributed by atoms with E-state index in [-0.39, 0.29) is 11.2 Å². The van der Waals surface area contributed by atoms with Gasteiger partial charge in [0.1, 0.15) is 0 Å². The lowest BCUT2D eigenvalue weighted by Gasteiger charge is -2.14. The lowest BCUT2D eigenvalue weighted by atomic mass is 10.1. The highest BCUT2D eigenvalue weighted by Gasteiger charge is 2.31. The molecule has 5 rings (SSSR count). The van der Waals surface area contributed by atoms with E-state index in [1.54, 1.807) is 12.4 Å². The van der Waals surface area contributed by atoms with E-state index < -0.39 is 0 Å². The first-order valence-corrected chi connectivity index (χ1v) is 11.0. The van der Waals surface area contributed by atoms with Gasteiger partial charge in [0.15, 0.2) is 11.0 Å². The van der Waals surface area contributed by atoms with Gasteiger partial charge >= 0.3 is 0 Å². The van der Waals surface area contributed by atoms with Gasteiger partial charge in [-0.1, -0.05) is 17.8 Å². The normalized spacial score (nSPS) is 16.4. The number of hydrogen-bond acceptors (Lipinski definition) is 5. The van der Waals surface area contributed by atoms with E-state index in [0.29, 0.717) is 6.04 Å². The average Bonchev–Trinajstić information content (AvgIpc) is 3.32. The Labute approximate surface area is 174 Å². The maximum atomic E-state index is 12.8. The Kier molecular flexibility index (Phi) is 4.83. The summed E-state index contributed by atoms with van der Waals surface area (Å²) in [6, 6.07) is 10.6. The molecular weight excluding hydrogens is 382 g/mol. The number of carbonyl (C=O) groups excluding carboxylic acids is 1. The second-order valence-electron chi connectivity index (χ2n) is 7.74. The van der Waals surface area contributed by atoms with Crippen LogP contribution < -0.4 is 5.32 Å². The Morgan fingerprint density at radius 2 is 2.07 bits per heavy atom. The summed E-state index contributed by atoms with van der Waals surface area (Å²) in [6.07, 6.45) is 9.25. The minimum Gasteiger partial charge on any atom is -0.325 e. The smallest absolute Gasteiger partial charge is 0.237 e. The van der Waals surface area contributed by atoms with Gasteiger partial charge in [0, 0.05) is 29.7 Å². The van der Waals surface area contributed by atoms with Gasteiger partial charge < -0.3 is 5.32 Å². The summed E-state index contributed by atoms with van der Waals surface area (Å²) in [5, 5.41) is 12.4. The fourth-order valence-electron chi connectivity index (χ4n) is 3.82. The number of nitrogens with one attached hydrogen (secondary N) is 1. The summed E-state index contributed by atoms with van der Waals surface area (Å²) in [4.78, 5) is 17.0. The summed E-state index contributed by atoms with van der Waals surface area (Å²) in [6.45, 7) is 1.92. The van der Waals surface area contributed by atoms with Crippen LogP contribution >= 0.6 is 11.8 Å². The summed E-state index contributed by atoms with van der Waals surface area (Å²) in [5.74, 6) is 0.815. The van der Waals surface area contributed by atoms with Crippen LogP contribution in [0.3, 0.4) is 0 Å². The molecule has 1 aromatic carbocycles. The summed E-state index contributed by atoms with van der Waals surface area (Å²) in [7, 11) is 0. The highest BCUT2D eigenvalue weighted by molar-refractivity contribution is 8.00. The Balaban J connectivity index is 1.32. The van der Waals surface area contributed by atoms with Crippen molar-refractivity contribution in [3.63, 3.8) is 0 Å². The lowest BCUT2D eigenvalue weighted by Crippen LogP contribution is -2.23. The van der Waals surface area contributed by atoms with Gasteiger partial charge in [-0.3, -0.25) is 14.3 Å². The van der Waals surface area contributed by atoms with Crippen molar-refractivity contribution in [3.8, 4) is 11.4 Å². The molecule has 148 valence electrons. The van der Waals surface area contributed by atoms with Crippen molar-refractivity contribution in [2.45, 2.75) is 55.5 Å². The molecule has 1 atom stereocenters. The maximum absolute atomic E-state index is 12.8. The largest absolute Gasteiger partial charge is 0.325 e. The van der Waals surface area contributed by atoms with Gasteiger partial charge in [0.25, 0.3) is 0 Å². The minimum atomic E-state index is -0.272. The van der Waals surface area contributed by atoms with Crippen LogP contribution in [0.25, 0.3) is 11.4 Å². The van der Waals surface area contributed by atoms with E-state index in [1.807, 2.05) is 25.1 Å². The van der Waals surface area contributed by atoms with Gasteiger partial charge in [-0.2, -0.15) is 0 Å². The Morgan fingerprint density at radius 3 is 2.86 bits per heavy atom. The Morgan fingerprint density at radius 1 is 1.21 bits per heavy atom. The molecule has 6 nitrogen and oxygen atoms in total. The third kappa shape index (κ3) is 3.79. The molecule has 2 aliphatic rings. The summed E-state index contributed by atoms with van der Waals surface area (Å²) >= 11 is 1.46.